The van der Waals surface area contributed by atoms with Gasteiger partial charge >= 0.3 is 6.03 Å². The quantitative estimate of drug-likeness (QED) is 0.716. The minimum atomic E-state index is -0.739. The predicted octanol–water partition coefficient (Wildman–Crippen LogP) is 2.26. The van der Waals surface area contributed by atoms with Gasteiger partial charge < -0.3 is 15.1 Å². The van der Waals surface area contributed by atoms with Crippen molar-refractivity contribution in [3.8, 4) is 0 Å². The molecule has 5 rings (SSSR count). The highest BCUT2D eigenvalue weighted by molar-refractivity contribution is 6.07. The standard InChI is InChI=1S/C25H34N4O3/c1-18-17-21(18)22(30)28-13-8-20(9-14-28)29-23(31)25(26-24(29)32)10-15-27(16-11-25)12-7-19-5-3-2-4-6-19/h2-6,18,20-21H,7-17H2,1H3,(H,26,32)/t18-,21+/m0/s1. The lowest BCUT2D eigenvalue weighted by atomic mass is 9.86. The number of hydrogen-bond acceptors (Lipinski definition) is 4. The average molecular weight is 439 g/mol. The second-order valence-electron chi connectivity index (χ2n) is 10.1. The van der Waals surface area contributed by atoms with Crippen molar-refractivity contribution >= 4 is 17.8 Å². The number of rotatable bonds is 5. The largest absolute Gasteiger partial charge is 0.342 e. The van der Waals surface area contributed by atoms with E-state index in [1.807, 2.05) is 11.0 Å². The number of benzene rings is 1. The molecule has 0 aromatic heterocycles. The highest BCUT2D eigenvalue weighted by Gasteiger charge is 2.54. The third-order valence-electron chi connectivity index (χ3n) is 8.03. The Morgan fingerprint density at radius 2 is 1.72 bits per heavy atom. The number of likely N-dealkylation sites (tertiary alicyclic amines) is 2. The van der Waals surface area contributed by atoms with Crippen molar-refractivity contribution in [1.29, 1.82) is 0 Å². The van der Waals surface area contributed by atoms with Crippen LogP contribution in [0.5, 0.6) is 0 Å². The number of carbonyl (C=O) groups is 3. The predicted molar refractivity (Wildman–Crippen MR) is 121 cm³/mol. The maximum Gasteiger partial charge on any atom is 0.325 e. The Kier molecular flexibility index (Phi) is 5.70. The molecule has 7 nitrogen and oxygen atoms in total. The van der Waals surface area contributed by atoms with E-state index < -0.39 is 5.54 Å². The third kappa shape index (κ3) is 4.03. The Morgan fingerprint density at radius 3 is 2.34 bits per heavy atom. The van der Waals surface area contributed by atoms with Gasteiger partial charge in [0.2, 0.25) is 5.91 Å². The summed E-state index contributed by atoms with van der Waals surface area (Å²) in [4.78, 5) is 44.5. The molecule has 1 N–H and O–H groups in total. The fraction of sp³-hybridized carbons (Fsp3) is 0.640. The van der Waals surface area contributed by atoms with Gasteiger partial charge in [-0.25, -0.2) is 4.79 Å². The van der Waals surface area contributed by atoms with Crippen molar-refractivity contribution in [3.63, 3.8) is 0 Å². The number of imide groups is 1. The maximum absolute atomic E-state index is 13.4. The molecule has 0 radical (unpaired) electrons. The zero-order valence-electron chi connectivity index (χ0n) is 19.0. The number of carbonyl (C=O) groups excluding carboxylic acids is 3. The molecule has 172 valence electrons. The Hall–Kier alpha value is -2.41. The molecule has 0 unspecified atom stereocenters. The topological polar surface area (TPSA) is 73.0 Å². The zero-order valence-corrected chi connectivity index (χ0v) is 19.0. The summed E-state index contributed by atoms with van der Waals surface area (Å²) in [5.74, 6) is 0.904. The molecule has 1 aliphatic carbocycles. The van der Waals surface area contributed by atoms with Crippen LogP contribution in [-0.4, -0.2) is 76.8 Å². The number of nitrogens with zero attached hydrogens (tertiary/aromatic N) is 3. The van der Waals surface area contributed by atoms with E-state index in [0.717, 1.165) is 32.5 Å². The summed E-state index contributed by atoms with van der Waals surface area (Å²) in [6, 6.07) is 10.1. The van der Waals surface area contributed by atoms with Gasteiger partial charge in [0.1, 0.15) is 5.54 Å². The monoisotopic (exact) mass is 438 g/mol. The summed E-state index contributed by atoms with van der Waals surface area (Å²) in [5, 5.41) is 3.06. The Morgan fingerprint density at radius 1 is 1.06 bits per heavy atom. The van der Waals surface area contributed by atoms with Gasteiger partial charge in [-0.15, -0.1) is 0 Å². The fourth-order valence-electron chi connectivity index (χ4n) is 5.65. The number of hydrogen-bond donors (Lipinski definition) is 1. The van der Waals surface area contributed by atoms with E-state index in [2.05, 4.69) is 41.4 Å². The molecule has 1 saturated carbocycles. The van der Waals surface area contributed by atoms with Gasteiger partial charge in [0, 0.05) is 44.7 Å². The van der Waals surface area contributed by atoms with Crippen molar-refractivity contribution in [2.24, 2.45) is 11.8 Å². The van der Waals surface area contributed by atoms with Gasteiger partial charge in [0.25, 0.3) is 5.91 Å². The average Bonchev–Trinajstić information content (AvgIpc) is 3.50. The fourth-order valence-corrected chi connectivity index (χ4v) is 5.65. The van der Waals surface area contributed by atoms with Gasteiger partial charge in [0.05, 0.1) is 0 Å². The van der Waals surface area contributed by atoms with E-state index in [1.165, 1.54) is 10.5 Å². The van der Waals surface area contributed by atoms with Crippen molar-refractivity contribution < 1.29 is 14.4 Å². The highest BCUT2D eigenvalue weighted by atomic mass is 16.2. The number of urea groups is 1. The molecule has 1 aromatic carbocycles. The molecule has 4 aliphatic rings. The Balaban J connectivity index is 1.14. The first-order valence-electron chi connectivity index (χ1n) is 12.2. The summed E-state index contributed by atoms with van der Waals surface area (Å²) >= 11 is 0. The summed E-state index contributed by atoms with van der Waals surface area (Å²) in [5.41, 5.74) is 0.585. The normalized spacial score (nSPS) is 28.3. The van der Waals surface area contributed by atoms with Crippen LogP contribution >= 0.6 is 0 Å². The Labute approximate surface area is 190 Å². The maximum atomic E-state index is 13.4. The van der Waals surface area contributed by atoms with E-state index >= 15 is 0 Å². The van der Waals surface area contributed by atoms with Crippen molar-refractivity contribution in [1.82, 2.24) is 20.0 Å². The smallest absolute Gasteiger partial charge is 0.325 e. The lowest BCUT2D eigenvalue weighted by Crippen LogP contribution is -2.56. The molecular formula is C25H34N4O3. The third-order valence-corrected chi connectivity index (χ3v) is 8.03. The van der Waals surface area contributed by atoms with Crippen LogP contribution in [-0.2, 0) is 16.0 Å². The summed E-state index contributed by atoms with van der Waals surface area (Å²) in [7, 11) is 0. The van der Waals surface area contributed by atoms with E-state index in [0.29, 0.717) is 44.7 Å². The van der Waals surface area contributed by atoms with Gasteiger partial charge in [-0.1, -0.05) is 37.3 Å². The van der Waals surface area contributed by atoms with E-state index in [9.17, 15) is 14.4 Å². The molecule has 4 amide bonds. The van der Waals surface area contributed by atoms with E-state index in [4.69, 9.17) is 0 Å². The molecule has 2 atom stereocenters. The molecule has 32 heavy (non-hydrogen) atoms. The second-order valence-corrected chi connectivity index (χ2v) is 10.1. The van der Waals surface area contributed by atoms with E-state index in [1.54, 1.807) is 0 Å². The summed E-state index contributed by atoms with van der Waals surface area (Å²) in [6.45, 7) is 6.01. The van der Waals surface area contributed by atoms with Crippen LogP contribution < -0.4 is 5.32 Å². The Bertz CT molecular complexity index is 872. The number of piperidine rings is 2. The van der Waals surface area contributed by atoms with Crippen LogP contribution in [0.1, 0.15) is 44.6 Å². The van der Waals surface area contributed by atoms with Crippen molar-refractivity contribution in [3.05, 3.63) is 35.9 Å². The molecule has 7 heteroatoms. The molecule has 1 spiro atoms. The van der Waals surface area contributed by atoms with Crippen molar-refractivity contribution in [2.45, 2.75) is 57.0 Å². The molecule has 0 bridgehead atoms. The second kappa shape index (κ2) is 8.50. The van der Waals surface area contributed by atoms with Crippen LogP contribution in [0.15, 0.2) is 30.3 Å². The number of amides is 4. The molecule has 1 aromatic rings. The van der Waals surface area contributed by atoms with Crippen LogP contribution in [0.4, 0.5) is 4.79 Å². The van der Waals surface area contributed by atoms with Crippen LogP contribution in [0.3, 0.4) is 0 Å². The lowest BCUT2D eigenvalue weighted by Gasteiger charge is -2.39. The van der Waals surface area contributed by atoms with E-state index in [-0.39, 0.29) is 29.8 Å². The molecular weight excluding hydrogens is 404 g/mol. The molecule has 3 aliphatic heterocycles. The summed E-state index contributed by atoms with van der Waals surface area (Å²) < 4.78 is 0. The first-order chi connectivity index (χ1) is 15.5. The van der Waals surface area contributed by atoms with Crippen LogP contribution in [0, 0.1) is 11.8 Å². The SMILES string of the molecule is C[C@H]1C[C@H]1C(=O)N1CCC(N2C(=O)NC3(CCN(CCc4ccccc4)CC3)C2=O)CC1. The van der Waals surface area contributed by atoms with Crippen LogP contribution in [0.2, 0.25) is 0 Å². The van der Waals surface area contributed by atoms with Gasteiger partial charge in [-0.2, -0.15) is 0 Å². The number of nitrogens with one attached hydrogen (secondary N) is 1. The highest BCUT2D eigenvalue weighted by Crippen LogP contribution is 2.40. The molecule has 3 saturated heterocycles. The summed E-state index contributed by atoms with van der Waals surface area (Å²) in [6.07, 6.45) is 4.70. The molecule has 4 fully saturated rings. The minimum absolute atomic E-state index is 0.0502. The minimum Gasteiger partial charge on any atom is -0.342 e. The zero-order chi connectivity index (χ0) is 22.3. The van der Waals surface area contributed by atoms with Crippen LogP contribution in [0.25, 0.3) is 0 Å². The van der Waals surface area contributed by atoms with Crippen molar-refractivity contribution in [2.75, 3.05) is 32.7 Å². The first kappa shape index (κ1) is 21.4. The first-order valence-corrected chi connectivity index (χ1v) is 12.2. The van der Waals surface area contributed by atoms with Gasteiger partial charge in [-0.05, 0) is 50.0 Å². The van der Waals surface area contributed by atoms with Gasteiger partial charge in [0.15, 0.2) is 0 Å². The molecule has 3 heterocycles. The lowest BCUT2D eigenvalue weighted by molar-refractivity contribution is -0.137. The van der Waals surface area contributed by atoms with Gasteiger partial charge in [-0.3, -0.25) is 14.5 Å².